The molecule has 0 bridgehead atoms. The zero-order valence-corrected chi connectivity index (χ0v) is 9.24. The van der Waals surface area contributed by atoms with Crippen molar-refractivity contribution in [2.75, 3.05) is 0 Å². The van der Waals surface area contributed by atoms with Crippen LogP contribution in [-0.4, -0.2) is 28.0 Å². The third kappa shape index (κ3) is 3.37. The van der Waals surface area contributed by atoms with E-state index >= 15 is 0 Å². The van der Waals surface area contributed by atoms with Crippen LogP contribution in [0.5, 0.6) is 0 Å². The molecule has 1 aromatic rings. The van der Waals surface area contributed by atoms with E-state index in [1.54, 1.807) is 30.3 Å². The Morgan fingerprint density at radius 2 is 1.94 bits per heavy atom. The molecule has 0 spiro atoms. The first-order valence-corrected chi connectivity index (χ1v) is 4.96. The Hall–Kier alpha value is -2.24. The summed E-state index contributed by atoms with van der Waals surface area (Å²) >= 11 is 0. The normalized spacial score (nSPS) is 11.6. The van der Waals surface area contributed by atoms with E-state index in [4.69, 9.17) is 5.11 Å². The van der Waals surface area contributed by atoms with Crippen molar-refractivity contribution in [2.24, 2.45) is 5.29 Å². The van der Waals surface area contributed by atoms with Crippen LogP contribution in [0.25, 0.3) is 0 Å². The summed E-state index contributed by atoms with van der Waals surface area (Å²) in [5.41, 5.74) is 0.717. The van der Waals surface area contributed by atoms with Crippen LogP contribution in [0, 0.1) is 4.91 Å². The maximum atomic E-state index is 11.1. The molecule has 1 atom stereocenters. The quantitative estimate of drug-likeness (QED) is 0.615. The number of hydrogen-bond acceptors (Lipinski definition) is 4. The van der Waals surface area contributed by atoms with Crippen molar-refractivity contribution in [3.8, 4) is 0 Å². The highest BCUT2D eigenvalue weighted by Gasteiger charge is 2.29. The van der Waals surface area contributed by atoms with Gasteiger partial charge in [-0.05, 0) is 5.56 Å². The van der Waals surface area contributed by atoms with E-state index in [-0.39, 0.29) is 6.42 Å². The van der Waals surface area contributed by atoms with E-state index in [0.717, 1.165) is 12.5 Å². The van der Waals surface area contributed by atoms with Crippen LogP contribution in [-0.2, 0) is 16.0 Å². The lowest BCUT2D eigenvalue weighted by Crippen LogP contribution is -2.41. The van der Waals surface area contributed by atoms with E-state index in [0.29, 0.717) is 5.01 Å². The minimum atomic E-state index is -1.27. The van der Waals surface area contributed by atoms with Crippen molar-refractivity contribution in [1.29, 1.82) is 0 Å². The number of nitroso groups, excluding NO2 is 1. The largest absolute Gasteiger partial charge is 0.480 e. The molecule has 0 heterocycles. The van der Waals surface area contributed by atoms with Crippen LogP contribution in [0.1, 0.15) is 12.5 Å². The lowest BCUT2D eigenvalue weighted by Gasteiger charge is -2.19. The number of rotatable bonds is 5. The molecule has 90 valence electrons. The van der Waals surface area contributed by atoms with Crippen molar-refractivity contribution < 1.29 is 14.7 Å². The van der Waals surface area contributed by atoms with Crippen molar-refractivity contribution in [1.82, 2.24) is 5.01 Å². The molecular weight excluding hydrogens is 224 g/mol. The number of benzene rings is 1. The van der Waals surface area contributed by atoms with E-state index in [1.807, 2.05) is 0 Å². The Morgan fingerprint density at radius 1 is 1.35 bits per heavy atom. The summed E-state index contributed by atoms with van der Waals surface area (Å²) in [7, 11) is 0. The third-order valence-corrected chi connectivity index (χ3v) is 2.26. The molecule has 6 nitrogen and oxygen atoms in total. The molecule has 0 fully saturated rings. The molecule has 0 radical (unpaired) electrons. The molecule has 1 amide bonds. The minimum absolute atomic E-state index is 0.0431. The molecular formula is C11H12N2O4. The standard InChI is InChI=1S/C11H12N2O4/c1-8(14)13(12-17)10(11(15)16)7-9-5-3-2-4-6-9/h2-6,10H,7H2,1H3,(H,15,16). The summed E-state index contributed by atoms with van der Waals surface area (Å²) in [6.07, 6.45) is 0.0431. The van der Waals surface area contributed by atoms with Crippen molar-refractivity contribution in [3.05, 3.63) is 40.8 Å². The Kier molecular flexibility index (Phi) is 4.33. The van der Waals surface area contributed by atoms with Gasteiger partial charge in [-0.2, -0.15) is 5.01 Å². The van der Waals surface area contributed by atoms with Gasteiger partial charge in [-0.3, -0.25) is 4.79 Å². The Morgan fingerprint density at radius 3 is 2.35 bits per heavy atom. The summed E-state index contributed by atoms with van der Waals surface area (Å²) in [5.74, 6) is -1.95. The highest BCUT2D eigenvalue weighted by Crippen LogP contribution is 2.10. The number of hydrogen-bond donors (Lipinski definition) is 1. The van der Waals surface area contributed by atoms with E-state index in [2.05, 4.69) is 5.29 Å². The SMILES string of the molecule is CC(=O)N(N=O)C(Cc1ccccc1)C(=O)O. The highest BCUT2D eigenvalue weighted by molar-refractivity contribution is 5.82. The molecule has 1 rings (SSSR count). The fourth-order valence-corrected chi connectivity index (χ4v) is 1.45. The van der Waals surface area contributed by atoms with Gasteiger partial charge in [0.1, 0.15) is 0 Å². The number of carboxylic acids is 1. The van der Waals surface area contributed by atoms with Crippen molar-refractivity contribution >= 4 is 11.9 Å². The van der Waals surface area contributed by atoms with Gasteiger partial charge in [0.2, 0.25) is 5.91 Å². The van der Waals surface area contributed by atoms with Crippen molar-refractivity contribution in [3.63, 3.8) is 0 Å². The van der Waals surface area contributed by atoms with Crippen LogP contribution in [0.15, 0.2) is 35.6 Å². The van der Waals surface area contributed by atoms with Crippen LogP contribution in [0.3, 0.4) is 0 Å². The van der Waals surface area contributed by atoms with Gasteiger partial charge in [-0.1, -0.05) is 30.3 Å². The topological polar surface area (TPSA) is 87.0 Å². The van der Waals surface area contributed by atoms with Gasteiger partial charge in [0.25, 0.3) is 0 Å². The summed E-state index contributed by atoms with van der Waals surface area (Å²) < 4.78 is 0. The molecule has 0 aromatic heterocycles. The number of carbonyl (C=O) groups is 2. The van der Waals surface area contributed by atoms with Gasteiger partial charge < -0.3 is 5.11 Å². The molecule has 1 N–H and O–H groups in total. The zero-order valence-electron chi connectivity index (χ0n) is 9.24. The molecule has 1 unspecified atom stereocenters. The number of aliphatic carboxylic acids is 1. The average molecular weight is 236 g/mol. The summed E-state index contributed by atoms with van der Waals surface area (Å²) in [6, 6.07) is 7.46. The molecule has 1 aromatic carbocycles. The van der Waals surface area contributed by atoms with Crippen LogP contribution in [0.2, 0.25) is 0 Å². The lowest BCUT2D eigenvalue weighted by atomic mass is 10.1. The average Bonchev–Trinajstić information content (AvgIpc) is 2.29. The monoisotopic (exact) mass is 236 g/mol. The van der Waals surface area contributed by atoms with Crippen LogP contribution >= 0.6 is 0 Å². The molecule has 0 aliphatic rings. The van der Waals surface area contributed by atoms with E-state index in [1.165, 1.54) is 0 Å². The summed E-state index contributed by atoms with van der Waals surface area (Å²) in [4.78, 5) is 32.6. The second kappa shape index (κ2) is 5.74. The molecule has 17 heavy (non-hydrogen) atoms. The second-order valence-electron chi connectivity index (χ2n) is 3.49. The summed E-state index contributed by atoms with van der Waals surface area (Å²) in [6.45, 7) is 1.10. The number of nitrogens with zero attached hydrogens (tertiary/aromatic N) is 2. The first kappa shape index (κ1) is 12.8. The van der Waals surface area contributed by atoms with Gasteiger partial charge >= 0.3 is 5.97 Å². The first-order valence-electron chi connectivity index (χ1n) is 4.96. The molecule has 0 aliphatic carbocycles. The fourth-order valence-electron chi connectivity index (χ4n) is 1.45. The first-order chi connectivity index (χ1) is 8.06. The molecule has 0 aliphatic heterocycles. The Balaban J connectivity index is 2.90. The van der Waals surface area contributed by atoms with Gasteiger partial charge in [0.05, 0.1) is 5.29 Å². The van der Waals surface area contributed by atoms with E-state index < -0.39 is 17.9 Å². The van der Waals surface area contributed by atoms with Gasteiger partial charge in [0, 0.05) is 13.3 Å². The van der Waals surface area contributed by atoms with Crippen LogP contribution in [0.4, 0.5) is 0 Å². The zero-order chi connectivity index (χ0) is 12.8. The van der Waals surface area contributed by atoms with E-state index in [9.17, 15) is 14.5 Å². The number of amides is 1. The number of carboxylic acid groups (broad SMARTS) is 1. The maximum Gasteiger partial charge on any atom is 0.329 e. The second-order valence-corrected chi connectivity index (χ2v) is 3.49. The molecule has 0 saturated heterocycles. The lowest BCUT2D eigenvalue weighted by molar-refractivity contribution is -0.149. The summed E-state index contributed by atoms with van der Waals surface area (Å²) in [5, 5.41) is 11.9. The van der Waals surface area contributed by atoms with Crippen LogP contribution < -0.4 is 0 Å². The third-order valence-electron chi connectivity index (χ3n) is 2.26. The highest BCUT2D eigenvalue weighted by atomic mass is 16.4. The Bertz CT molecular complexity index is 419. The maximum absolute atomic E-state index is 11.1. The number of carbonyl (C=O) groups excluding carboxylic acids is 1. The molecule has 0 saturated carbocycles. The van der Waals surface area contributed by atoms with Gasteiger partial charge in [0.15, 0.2) is 6.04 Å². The van der Waals surface area contributed by atoms with Gasteiger partial charge in [-0.15, -0.1) is 4.91 Å². The predicted molar refractivity (Wildman–Crippen MR) is 59.9 cm³/mol. The van der Waals surface area contributed by atoms with Crippen molar-refractivity contribution in [2.45, 2.75) is 19.4 Å². The Labute approximate surface area is 97.8 Å². The fraction of sp³-hybridized carbons (Fsp3) is 0.273. The molecule has 6 heteroatoms. The van der Waals surface area contributed by atoms with Gasteiger partial charge in [-0.25, -0.2) is 4.79 Å². The smallest absolute Gasteiger partial charge is 0.329 e. The minimum Gasteiger partial charge on any atom is -0.480 e. The predicted octanol–water partition coefficient (Wildman–Crippen LogP) is 1.21.